The number of halogens is 1. The summed E-state index contributed by atoms with van der Waals surface area (Å²) in [5, 5.41) is 5.75. The molecule has 1 aromatic carbocycles. The number of nitrogens with one attached hydrogen (secondary N) is 1. The average molecular weight is 296 g/mol. The summed E-state index contributed by atoms with van der Waals surface area (Å²) in [6.07, 6.45) is 0. The van der Waals surface area contributed by atoms with Crippen LogP contribution in [0.4, 0.5) is 10.1 Å². The zero-order chi connectivity index (χ0) is 13.7. The van der Waals surface area contributed by atoms with Crippen molar-refractivity contribution in [2.75, 3.05) is 11.1 Å². The lowest BCUT2D eigenvalue weighted by Crippen LogP contribution is -2.14. The van der Waals surface area contributed by atoms with Crippen molar-refractivity contribution in [2.45, 2.75) is 12.7 Å². The molecule has 1 aromatic heterocycles. The summed E-state index contributed by atoms with van der Waals surface area (Å²) in [7, 11) is 0. The van der Waals surface area contributed by atoms with Crippen molar-refractivity contribution in [2.24, 2.45) is 0 Å². The van der Waals surface area contributed by atoms with E-state index >= 15 is 0 Å². The van der Waals surface area contributed by atoms with E-state index in [4.69, 9.17) is 0 Å². The molecule has 0 radical (unpaired) electrons. The number of anilines is 1. The number of nitrogens with zero attached hydrogens (tertiary/aromatic N) is 1. The summed E-state index contributed by atoms with van der Waals surface area (Å²) in [4.78, 5) is 16.0. The molecule has 0 saturated heterocycles. The van der Waals surface area contributed by atoms with Crippen molar-refractivity contribution in [1.82, 2.24) is 4.98 Å². The van der Waals surface area contributed by atoms with Crippen LogP contribution >= 0.6 is 23.1 Å². The van der Waals surface area contributed by atoms with Crippen LogP contribution in [0.2, 0.25) is 0 Å². The van der Waals surface area contributed by atoms with Gasteiger partial charge in [0.25, 0.3) is 0 Å². The Bertz CT molecular complexity index is 554. The summed E-state index contributed by atoms with van der Waals surface area (Å²) in [6.45, 7) is 1.96. The molecular formula is C13H13FN2OS2. The maximum atomic E-state index is 12.7. The number of carbonyl (C=O) groups excluding carboxylic acids is 1. The van der Waals surface area contributed by atoms with E-state index in [-0.39, 0.29) is 11.7 Å². The molecule has 0 unspecified atom stereocenters. The molecule has 6 heteroatoms. The highest BCUT2D eigenvalue weighted by atomic mass is 32.2. The Labute approximate surface area is 119 Å². The number of amides is 1. The van der Waals surface area contributed by atoms with E-state index in [0.29, 0.717) is 11.4 Å². The fourth-order valence-corrected chi connectivity index (χ4v) is 2.89. The largest absolute Gasteiger partial charge is 0.325 e. The molecule has 0 aliphatic rings. The number of thiazole rings is 1. The summed E-state index contributed by atoms with van der Waals surface area (Å²) in [5.41, 5.74) is 1.61. The van der Waals surface area contributed by atoms with Crippen molar-refractivity contribution in [3.8, 4) is 0 Å². The van der Waals surface area contributed by atoms with Gasteiger partial charge >= 0.3 is 0 Å². The van der Waals surface area contributed by atoms with Crippen LogP contribution in [0.1, 0.15) is 10.7 Å². The van der Waals surface area contributed by atoms with Gasteiger partial charge in [0, 0.05) is 16.8 Å². The molecule has 0 spiro atoms. The average Bonchev–Trinajstić information content (AvgIpc) is 2.78. The van der Waals surface area contributed by atoms with E-state index < -0.39 is 0 Å². The molecule has 1 N–H and O–H groups in total. The zero-order valence-electron chi connectivity index (χ0n) is 10.4. The first-order chi connectivity index (χ1) is 9.13. The van der Waals surface area contributed by atoms with Crippen LogP contribution < -0.4 is 5.32 Å². The van der Waals surface area contributed by atoms with Crippen molar-refractivity contribution in [1.29, 1.82) is 0 Å². The first kappa shape index (κ1) is 14.0. The van der Waals surface area contributed by atoms with E-state index in [0.717, 1.165) is 16.5 Å². The number of thioether (sulfide) groups is 1. The van der Waals surface area contributed by atoms with Gasteiger partial charge in [-0.1, -0.05) is 0 Å². The molecule has 100 valence electrons. The molecule has 1 heterocycles. The van der Waals surface area contributed by atoms with Gasteiger partial charge in [-0.3, -0.25) is 4.79 Å². The minimum Gasteiger partial charge on any atom is -0.325 e. The van der Waals surface area contributed by atoms with Crippen LogP contribution in [0.25, 0.3) is 0 Å². The molecule has 0 aliphatic heterocycles. The van der Waals surface area contributed by atoms with Gasteiger partial charge in [0.2, 0.25) is 5.91 Å². The third-order valence-corrected chi connectivity index (χ3v) is 4.07. The van der Waals surface area contributed by atoms with E-state index in [9.17, 15) is 9.18 Å². The predicted octanol–water partition coefficient (Wildman–Crippen LogP) is 3.46. The third kappa shape index (κ3) is 4.65. The van der Waals surface area contributed by atoms with Crippen LogP contribution in [0.3, 0.4) is 0 Å². The number of rotatable bonds is 5. The van der Waals surface area contributed by atoms with Gasteiger partial charge in [-0.25, -0.2) is 9.37 Å². The molecule has 1 amide bonds. The third-order valence-electron chi connectivity index (χ3n) is 2.28. The maximum absolute atomic E-state index is 12.7. The summed E-state index contributed by atoms with van der Waals surface area (Å²) in [5.74, 6) is 0.671. The topological polar surface area (TPSA) is 42.0 Å². The highest BCUT2D eigenvalue weighted by Crippen LogP contribution is 2.15. The minimum absolute atomic E-state index is 0.0939. The molecule has 19 heavy (non-hydrogen) atoms. The molecule has 0 saturated carbocycles. The van der Waals surface area contributed by atoms with Gasteiger partial charge in [-0.15, -0.1) is 23.1 Å². The molecule has 2 aromatic rings. The lowest BCUT2D eigenvalue weighted by molar-refractivity contribution is -0.113. The Morgan fingerprint density at radius 2 is 2.16 bits per heavy atom. The van der Waals surface area contributed by atoms with Gasteiger partial charge in [0.15, 0.2) is 0 Å². The molecule has 0 atom stereocenters. The fourth-order valence-electron chi connectivity index (χ4n) is 1.45. The van der Waals surface area contributed by atoms with Gasteiger partial charge in [0.1, 0.15) is 5.82 Å². The number of aryl methyl sites for hydroxylation is 1. The smallest absolute Gasteiger partial charge is 0.234 e. The second-order valence-electron chi connectivity index (χ2n) is 3.91. The molecule has 0 aliphatic carbocycles. The second kappa shape index (κ2) is 6.68. The molecule has 0 fully saturated rings. The number of aromatic nitrogens is 1. The highest BCUT2D eigenvalue weighted by Gasteiger charge is 2.04. The Hall–Kier alpha value is -1.40. The number of hydrogen-bond acceptors (Lipinski definition) is 4. The Morgan fingerprint density at radius 3 is 2.79 bits per heavy atom. The van der Waals surface area contributed by atoms with E-state index in [1.807, 2.05) is 12.3 Å². The van der Waals surface area contributed by atoms with Crippen LogP contribution in [0.5, 0.6) is 0 Å². The summed E-state index contributed by atoms with van der Waals surface area (Å²) < 4.78 is 12.7. The Morgan fingerprint density at radius 1 is 1.42 bits per heavy atom. The molecular weight excluding hydrogens is 283 g/mol. The van der Waals surface area contributed by atoms with Crippen molar-refractivity contribution in [3.05, 3.63) is 46.2 Å². The predicted molar refractivity (Wildman–Crippen MR) is 78.0 cm³/mol. The van der Waals surface area contributed by atoms with Crippen LogP contribution in [0, 0.1) is 12.7 Å². The SMILES string of the molecule is Cc1nc(CSCC(=O)Nc2ccc(F)cc2)cs1. The van der Waals surface area contributed by atoms with E-state index in [2.05, 4.69) is 10.3 Å². The van der Waals surface area contributed by atoms with Crippen LogP contribution in [-0.2, 0) is 10.5 Å². The standard InChI is InChI=1S/C13H13FN2OS2/c1-9-15-12(7-19-9)6-18-8-13(17)16-11-4-2-10(14)3-5-11/h2-5,7H,6,8H2,1H3,(H,16,17). The number of hydrogen-bond donors (Lipinski definition) is 1. The van der Waals surface area contributed by atoms with Crippen molar-refractivity contribution >= 4 is 34.7 Å². The highest BCUT2D eigenvalue weighted by molar-refractivity contribution is 7.99. The summed E-state index contributed by atoms with van der Waals surface area (Å²) in [6, 6.07) is 5.73. The Balaban J connectivity index is 1.74. The van der Waals surface area contributed by atoms with Crippen molar-refractivity contribution in [3.63, 3.8) is 0 Å². The first-order valence-corrected chi connectivity index (χ1v) is 7.71. The van der Waals surface area contributed by atoms with Crippen LogP contribution in [-0.4, -0.2) is 16.6 Å². The minimum atomic E-state index is -0.314. The molecule has 3 nitrogen and oxygen atoms in total. The Kier molecular flexibility index (Phi) is 4.93. The van der Waals surface area contributed by atoms with Gasteiger partial charge < -0.3 is 5.32 Å². The normalized spacial score (nSPS) is 10.4. The lowest BCUT2D eigenvalue weighted by Gasteiger charge is -2.04. The van der Waals surface area contributed by atoms with Crippen molar-refractivity contribution < 1.29 is 9.18 Å². The number of carbonyl (C=O) groups is 1. The van der Waals surface area contributed by atoms with Gasteiger partial charge in [-0.05, 0) is 31.2 Å². The van der Waals surface area contributed by atoms with Gasteiger partial charge in [-0.2, -0.15) is 0 Å². The molecule has 0 bridgehead atoms. The van der Waals surface area contributed by atoms with Gasteiger partial charge in [0.05, 0.1) is 16.5 Å². The lowest BCUT2D eigenvalue weighted by atomic mass is 10.3. The molecule has 2 rings (SSSR count). The second-order valence-corrected chi connectivity index (χ2v) is 5.95. The zero-order valence-corrected chi connectivity index (χ0v) is 12.0. The number of benzene rings is 1. The monoisotopic (exact) mass is 296 g/mol. The first-order valence-electron chi connectivity index (χ1n) is 5.67. The fraction of sp³-hybridized carbons (Fsp3) is 0.231. The quantitative estimate of drug-likeness (QED) is 0.918. The maximum Gasteiger partial charge on any atom is 0.234 e. The van der Waals surface area contributed by atoms with E-state index in [1.165, 1.54) is 23.9 Å². The van der Waals surface area contributed by atoms with E-state index in [1.54, 1.807) is 23.5 Å². The summed E-state index contributed by atoms with van der Waals surface area (Å²) >= 11 is 3.11. The van der Waals surface area contributed by atoms with Crippen LogP contribution in [0.15, 0.2) is 29.6 Å².